The van der Waals surface area contributed by atoms with Crippen LogP contribution in [0.4, 0.5) is 0 Å². The van der Waals surface area contributed by atoms with Gasteiger partial charge >= 0.3 is 0 Å². The van der Waals surface area contributed by atoms with Crippen LogP contribution in [0.3, 0.4) is 0 Å². The summed E-state index contributed by atoms with van der Waals surface area (Å²) in [6, 6.07) is 6.35. The highest BCUT2D eigenvalue weighted by Crippen LogP contribution is 2.21. The second-order valence-electron chi connectivity index (χ2n) is 6.73. The topological polar surface area (TPSA) is 75.7 Å². The third-order valence-electron chi connectivity index (χ3n) is 4.81. The average Bonchev–Trinajstić information content (AvgIpc) is 3.07. The molecule has 1 atom stereocenters. The van der Waals surface area contributed by atoms with Crippen molar-refractivity contribution in [2.45, 2.75) is 49.5 Å². The summed E-state index contributed by atoms with van der Waals surface area (Å²) in [6.45, 7) is 2.27. The van der Waals surface area contributed by atoms with E-state index in [2.05, 4.69) is 5.32 Å². The Morgan fingerprint density at radius 1 is 1.12 bits per heavy atom. The Kier molecular flexibility index (Phi) is 6.09. The van der Waals surface area contributed by atoms with Gasteiger partial charge in [-0.3, -0.25) is 4.79 Å². The number of benzene rings is 1. The van der Waals surface area contributed by atoms with Gasteiger partial charge in [0.15, 0.2) is 0 Å². The number of ether oxygens (including phenoxy) is 1. The molecule has 138 valence electrons. The minimum Gasteiger partial charge on any atom is -0.379 e. The minimum absolute atomic E-state index is 0.00196. The maximum absolute atomic E-state index is 12.9. The molecule has 1 N–H and O–H groups in total. The van der Waals surface area contributed by atoms with Gasteiger partial charge in [0.05, 0.1) is 17.5 Å². The molecule has 1 aromatic rings. The normalized spacial score (nSPS) is 23.0. The van der Waals surface area contributed by atoms with Gasteiger partial charge in [-0.2, -0.15) is 4.31 Å². The Bertz CT molecular complexity index is 691. The molecule has 2 aliphatic rings. The SMILES string of the molecule is O=C(NC1CCOC1)c1cccc(S(=O)(=O)N2CCCCCCC2)c1. The van der Waals surface area contributed by atoms with Crippen LogP contribution in [0, 0.1) is 0 Å². The zero-order valence-corrected chi connectivity index (χ0v) is 15.3. The van der Waals surface area contributed by atoms with Crippen LogP contribution in [0.2, 0.25) is 0 Å². The molecule has 1 amide bonds. The van der Waals surface area contributed by atoms with Crippen molar-refractivity contribution in [2.75, 3.05) is 26.3 Å². The van der Waals surface area contributed by atoms with E-state index in [0.29, 0.717) is 31.9 Å². The van der Waals surface area contributed by atoms with Gasteiger partial charge in [-0.25, -0.2) is 8.42 Å². The van der Waals surface area contributed by atoms with E-state index in [4.69, 9.17) is 4.74 Å². The molecule has 1 aromatic carbocycles. The minimum atomic E-state index is -3.56. The highest BCUT2D eigenvalue weighted by atomic mass is 32.2. The fourth-order valence-electron chi connectivity index (χ4n) is 3.32. The Hall–Kier alpha value is -1.44. The molecule has 0 aliphatic carbocycles. The summed E-state index contributed by atoms with van der Waals surface area (Å²) in [7, 11) is -3.56. The Balaban J connectivity index is 1.75. The van der Waals surface area contributed by atoms with Crippen LogP contribution in [0.5, 0.6) is 0 Å². The molecule has 7 heteroatoms. The Morgan fingerprint density at radius 2 is 1.84 bits per heavy atom. The molecule has 2 heterocycles. The first-order chi connectivity index (χ1) is 12.1. The molecular weight excluding hydrogens is 340 g/mol. The van der Waals surface area contributed by atoms with Crippen molar-refractivity contribution in [3.63, 3.8) is 0 Å². The van der Waals surface area contributed by atoms with Gasteiger partial charge in [0, 0.05) is 25.3 Å². The number of carbonyl (C=O) groups is 1. The monoisotopic (exact) mass is 366 g/mol. The van der Waals surface area contributed by atoms with Gasteiger partial charge in [-0.05, 0) is 37.5 Å². The molecule has 6 nitrogen and oxygen atoms in total. The van der Waals surface area contributed by atoms with Crippen LogP contribution < -0.4 is 5.32 Å². The van der Waals surface area contributed by atoms with Crippen molar-refractivity contribution in [2.24, 2.45) is 0 Å². The van der Waals surface area contributed by atoms with Gasteiger partial charge in [0.2, 0.25) is 10.0 Å². The van der Waals surface area contributed by atoms with Gasteiger partial charge in [0.25, 0.3) is 5.91 Å². The van der Waals surface area contributed by atoms with E-state index < -0.39 is 10.0 Å². The van der Waals surface area contributed by atoms with E-state index >= 15 is 0 Å². The predicted octanol–water partition coefficient (Wildman–Crippen LogP) is 2.16. The van der Waals surface area contributed by atoms with E-state index in [9.17, 15) is 13.2 Å². The van der Waals surface area contributed by atoms with Crippen LogP contribution >= 0.6 is 0 Å². The van der Waals surface area contributed by atoms with E-state index in [1.807, 2.05) is 0 Å². The molecule has 1 unspecified atom stereocenters. The molecule has 2 saturated heterocycles. The van der Waals surface area contributed by atoms with Crippen LogP contribution in [-0.4, -0.2) is 51.0 Å². The quantitative estimate of drug-likeness (QED) is 0.886. The summed E-state index contributed by atoms with van der Waals surface area (Å²) in [5.74, 6) is -0.250. The van der Waals surface area contributed by atoms with Gasteiger partial charge < -0.3 is 10.1 Å². The number of nitrogens with one attached hydrogen (secondary N) is 1. The van der Waals surface area contributed by atoms with Gasteiger partial charge in [0.1, 0.15) is 0 Å². The number of rotatable bonds is 4. The molecule has 2 fully saturated rings. The van der Waals surface area contributed by atoms with E-state index in [-0.39, 0.29) is 16.8 Å². The summed E-state index contributed by atoms with van der Waals surface area (Å²) in [4.78, 5) is 12.6. The predicted molar refractivity (Wildman–Crippen MR) is 95.0 cm³/mol. The van der Waals surface area contributed by atoms with Crippen LogP contribution in [0.1, 0.15) is 48.9 Å². The molecule has 25 heavy (non-hydrogen) atoms. The zero-order valence-electron chi connectivity index (χ0n) is 14.4. The highest BCUT2D eigenvalue weighted by molar-refractivity contribution is 7.89. The second kappa shape index (κ2) is 8.29. The van der Waals surface area contributed by atoms with Crippen molar-refractivity contribution in [1.29, 1.82) is 0 Å². The average molecular weight is 366 g/mol. The number of amides is 1. The van der Waals surface area contributed by atoms with E-state index in [1.165, 1.54) is 12.5 Å². The van der Waals surface area contributed by atoms with Crippen molar-refractivity contribution in [3.8, 4) is 0 Å². The van der Waals surface area contributed by atoms with Crippen LogP contribution in [-0.2, 0) is 14.8 Å². The molecule has 0 saturated carbocycles. The number of hydrogen-bond acceptors (Lipinski definition) is 4. The largest absolute Gasteiger partial charge is 0.379 e. The van der Waals surface area contributed by atoms with Crippen molar-refractivity contribution < 1.29 is 17.9 Å². The molecule has 0 spiro atoms. The zero-order chi connectivity index (χ0) is 17.7. The maximum Gasteiger partial charge on any atom is 0.251 e. The fraction of sp³-hybridized carbons (Fsp3) is 0.611. The summed E-state index contributed by atoms with van der Waals surface area (Å²) in [5, 5.41) is 2.90. The number of sulfonamides is 1. The second-order valence-corrected chi connectivity index (χ2v) is 8.67. The number of hydrogen-bond donors (Lipinski definition) is 1. The maximum atomic E-state index is 12.9. The lowest BCUT2D eigenvalue weighted by Crippen LogP contribution is -2.36. The van der Waals surface area contributed by atoms with Crippen molar-refractivity contribution >= 4 is 15.9 Å². The summed E-state index contributed by atoms with van der Waals surface area (Å²) >= 11 is 0. The molecule has 0 aromatic heterocycles. The third-order valence-corrected chi connectivity index (χ3v) is 6.71. The molecule has 0 radical (unpaired) electrons. The third kappa shape index (κ3) is 4.59. The first-order valence-electron chi connectivity index (χ1n) is 9.06. The van der Waals surface area contributed by atoms with Crippen molar-refractivity contribution in [1.82, 2.24) is 9.62 Å². The molecule has 0 bridgehead atoms. The molecule has 2 aliphatic heterocycles. The summed E-state index contributed by atoms with van der Waals surface area (Å²) < 4.78 is 32.7. The Morgan fingerprint density at radius 3 is 2.52 bits per heavy atom. The van der Waals surface area contributed by atoms with Crippen LogP contribution in [0.25, 0.3) is 0 Å². The highest BCUT2D eigenvalue weighted by Gasteiger charge is 2.26. The summed E-state index contributed by atoms with van der Waals surface area (Å²) in [6.07, 6.45) is 5.88. The first kappa shape index (κ1) is 18.4. The number of carbonyl (C=O) groups excluding carboxylic acids is 1. The lowest BCUT2D eigenvalue weighted by Gasteiger charge is -2.24. The first-order valence-corrected chi connectivity index (χ1v) is 10.5. The smallest absolute Gasteiger partial charge is 0.251 e. The molecular formula is C18H26N2O4S. The van der Waals surface area contributed by atoms with Gasteiger partial charge in [-0.1, -0.05) is 25.3 Å². The lowest BCUT2D eigenvalue weighted by atomic mass is 10.1. The standard InChI is InChI=1S/C18H26N2O4S/c21-18(19-16-9-12-24-14-16)15-7-6-8-17(13-15)25(22,23)20-10-4-2-1-3-5-11-20/h6-8,13,16H,1-5,9-12,14H2,(H,19,21). The van der Waals surface area contributed by atoms with E-state index in [0.717, 1.165) is 32.1 Å². The molecule has 3 rings (SSSR count). The van der Waals surface area contributed by atoms with Crippen LogP contribution in [0.15, 0.2) is 29.2 Å². The lowest BCUT2D eigenvalue weighted by molar-refractivity contribution is 0.0929. The fourth-order valence-corrected chi connectivity index (χ4v) is 4.89. The van der Waals surface area contributed by atoms with Gasteiger partial charge in [-0.15, -0.1) is 0 Å². The van der Waals surface area contributed by atoms with Crippen molar-refractivity contribution in [3.05, 3.63) is 29.8 Å². The van der Waals surface area contributed by atoms with E-state index in [1.54, 1.807) is 22.5 Å². The Labute approximate surface area is 149 Å². The summed E-state index contributed by atoms with van der Waals surface area (Å²) in [5.41, 5.74) is 0.375. The number of nitrogens with zero attached hydrogens (tertiary/aromatic N) is 1.